The van der Waals surface area contributed by atoms with Gasteiger partial charge in [-0.25, -0.2) is 17.6 Å². The minimum absolute atomic E-state index is 0.0129. The van der Waals surface area contributed by atoms with Crippen LogP contribution in [0.3, 0.4) is 0 Å². The Labute approximate surface area is 180 Å². The maximum atomic E-state index is 13.2. The Morgan fingerprint density at radius 3 is 2.19 bits per heavy atom. The van der Waals surface area contributed by atoms with Crippen LogP contribution in [-0.2, 0) is 14.8 Å². The van der Waals surface area contributed by atoms with Crippen molar-refractivity contribution in [3.63, 3.8) is 0 Å². The first-order valence-corrected chi connectivity index (χ1v) is 11.4. The summed E-state index contributed by atoms with van der Waals surface area (Å²) in [5.41, 5.74) is 0.189. The maximum absolute atomic E-state index is 13.2. The number of ether oxygens (including phenoxy) is 2. The van der Waals surface area contributed by atoms with Gasteiger partial charge in [0.25, 0.3) is 0 Å². The standard InChI is InChI=1S/C22H24FNO6S/c1-29-20-11-8-17(14-21(20)31(27,28)24-12-4-2-3-5-13-24)22(26)30-15-19(25)16-6-9-18(23)10-7-16/h6-11,14H,2-5,12-13,15H2,1H3. The third-order valence-electron chi connectivity index (χ3n) is 5.08. The molecule has 1 aliphatic rings. The highest BCUT2D eigenvalue weighted by Crippen LogP contribution is 2.29. The number of nitrogens with zero attached hydrogens (tertiary/aromatic N) is 1. The molecular formula is C22H24FNO6S. The van der Waals surface area contributed by atoms with Gasteiger partial charge in [0.2, 0.25) is 10.0 Å². The van der Waals surface area contributed by atoms with Crippen LogP contribution >= 0.6 is 0 Å². The molecule has 0 N–H and O–H groups in total. The van der Waals surface area contributed by atoms with Gasteiger partial charge in [-0.05, 0) is 55.3 Å². The quantitative estimate of drug-likeness (QED) is 0.475. The molecule has 2 aromatic rings. The molecule has 1 aliphatic heterocycles. The molecule has 0 amide bonds. The molecule has 2 aromatic carbocycles. The van der Waals surface area contributed by atoms with Gasteiger partial charge in [-0.15, -0.1) is 0 Å². The number of Topliss-reactive ketones (excluding diaryl/α,β-unsaturated/α-hetero) is 1. The lowest BCUT2D eigenvalue weighted by Crippen LogP contribution is -2.32. The Morgan fingerprint density at radius 2 is 1.58 bits per heavy atom. The van der Waals surface area contributed by atoms with E-state index in [1.807, 2.05) is 0 Å². The number of carbonyl (C=O) groups is 2. The Morgan fingerprint density at radius 1 is 0.968 bits per heavy atom. The van der Waals surface area contributed by atoms with Crippen molar-refractivity contribution >= 4 is 21.8 Å². The fraction of sp³-hybridized carbons (Fsp3) is 0.364. The number of benzene rings is 2. The van der Waals surface area contributed by atoms with Gasteiger partial charge in [-0.3, -0.25) is 4.79 Å². The summed E-state index contributed by atoms with van der Waals surface area (Å²) in [5, 5.41) is 0. The van der Waals surface area contributed by atoms with Crippen molar-refractivity contribution < 1.29 is 31.9 Å². The summed E-state index contributed by atoms with van der Waals surface area (Å²) in [6.07, 6.45) is 3.48. The SMILES string of the molecule is COc1ccc(C(=O)OCC(=O)c2ccc(F)cc2)cc1S(=O)(=O)N1CCCCCC1. The highest BCUT2D eigenvalue weighted by Gasteiger charge is 2.29. The molecular weight excluding hydrogens is 425 g/mol. The van der Waals surface area contributed by atoms with E-state index < -0.39 is 34.2 Å². The van der Waals surface area contributed by atoms with Gasteiger partial charge >= 0.3 is 5.97 Å². The number of hydrogen-bond donors (Lipinski definition) is 0. The van der Waals surface area contributed by atoms with E-state index in [1.54, 1.807) is 0 Å². The van der Waals surface area contributed by atoms with Crippen molar-refractivity contribution in [2.45, 2.75) is 30.6 Å². The highest BCUT2D eigenvalue weighted by molar-refractivity contribution is 7.89. The molecule has 9 heteroatoms. The summed E-state index contributed by atoms with van der Waals surface area (Å²) in [4.78, 5) is 24.5. The molecule has 0 saturated carbocycles. The first kappa shape index (κ1) is 22.9. The third-order valence-corrected chi connectivity index (χ3v) is 7.00. The Hall–Kier alpha value is -2.78. The number of halogens is 1. The van der Waals surface area contributed by atoms with E-state index in [0.29, 0.717) is 13.1 Å². The van der Waals surface area contributed by atoms with E-state index in [1.165, 1.54) is 41.7 Å². The molecule has 31 heavy (non-hydrogen) atoms. The fourth-order valence-electron chi connectivity index (χ4n) is 3.36. The number of esters is 1. The lowest BCUT2D eigenvalue weighted by Gasteiger charge is -2.21. The number of ketones is 1. The van der Waals surface area contributed by atoms with Crippen molar-refractivity contribution in [3.8, 4) is 5.75 Å². The largest absolute Gasteiger partial charge is 0.495 e. The summed E-state index contributed by atoms with van der Waals surface area (Å²) >= 11 is 0. The van der Waals surface area contributed by atoms with Gasteiger partial charge in [-0.1, -0.05) is 12.8 Å². The van der Waals surface area contributed by atoms with Crippen LogP contribution in [0.1, 0.15) is 46.4 Å². The van der Waals surface area contributed by atoms with Crippen LogP contribution in [0.5, 0.6) is 5.75 Å². The predicted molar refractivity (Wildman–Crippen MR) is 111 cm³/mol. The second-order valence-corrected chi connectivity index (χ2v) is 9.10. The van der Waals surface area contributed by atoms with Crippen molar-refractivity contribution in [3.05, 3.63) is 59.4 Å². The molecule has 0 spiro atoms. The molecule has 3 rings (SSSR count). The molecule has 0 atom stereocenters. The van der Waals surface area contributed by atoms with E-state index in [9.17, 15) is 22.4 Å². The normalized spacial score (nSPS) is 15.2. The molecule has 166 valence electrons. The number of sulfonamides is 1. The smallest absolute Gasteiger partial charge is 0.338 e. The predicted octanol–water partition coefficient (Wildman–Crippen LogP) is 3.44. The summed E-state index contributed by atoms with van der Waals surface area (Å²) in [6, 6.07) is 8.85. The van der Waals surface area contributed by atoms with Crippen LogP contribution in [0.25, 0.3) is 0 Å². The van der Waals surface area contributed by atoms with Gasteiger partial charge in [0.05, 0.1) is 12.7 Å². The fourth-order valence-corrected chi connectivity index (χ4v) is 5.06. The average molecular weight is 450 g/mol. The topological polar surface area (TPSA) is 90.0 Å². The van der Waals surface area contributed by atoms with Crippen LogP contribution in [0, 0.1) is 5.82 Å². The van der Waals surface area contributed by atoms with Crippen molar-refractivity contribution in [1.29, 1.82) is 0 Å². The lowest BCUT2D eigenvalue weighted by atomic mass is 10.1. The summed E-state index contributed by atoms with van der Waals surface area (Å²) in [7, 11) is -2.51. The van der Waals surface area contributed by atoms with Crippen molar-refractivity contribution in [2.75, 3.05) is 26.8 Å². The Kier molecular flexibility index (Phi) is 7.40. The van der Waals surface area contributed by atoms with Gasteiger partial charge < -0.3 is 9.47 Å². The average Bonchev–Trinajstić information content (AvgIpc) is 3.07. The number of methoxy groups -OCH3 is 1. The molecule has 0 bridgehead atoms. The van der Waals surface area contributed by atoms with Crippen molar-refractivity contribution in [2.24, 2.45) is 0 Å². The number of carbonyl (C=O) groups excluding carboxylic acids is 2. The lowest BCUT2D eigenvalue weighted by molar-refractivity contribution is 0.0474. The summed E-state index contributed by atoms with van der Waals surface area (Å²) in [6.45, 7) is 0.267. The van der Waals surface area contributed by atoms with Crippen LogP contribution < -0.4 is 4.74 Å². The Balaban J connectivity index is 1.78. The molecule has 1 fully saturated rings. The number of hydrogen-bond acceptors (Lipinski definition) is 6. The molecule has 0 aromatic heterocycles. The summed E-state index contributed by atoms with van der Waals surface area (Å²) < 4.78 is 51.0. The minimum atomic E-state index is -3.86. The zero-order valence-corrected chi connectivity index (χ0v) is 18.0. The molecule has 1 saturated heterocycles. The first-order valence-electron chi connectivity index (χ1n) is 9.97. The zero-order valence-electron chi connectivity index (χ0n) is 17.2. The van der Waals surface area contributed by atoms with Crippen LogP contribution in [-0.4, -0.2) is 51.3 Å². The third kappa shape index (κ3) is 5.48. The molecule has 0 unspecified atom stereocenters. The zero-order chi connectivity index (χ0) is 22.4. The van der Waals surface area contributed by atoms with E-state index >= 15 is 0 Å². The van der Waals surface area contributed by atoms with E-state index in [0.717, 1.165) is 37.8 Å². The monoisotopic (exact) mass is 449 g/mol. The molecule has 1 heterocycles. The van der Waals surface area contributed by atoms with E-state index in [2.05, 4.69) is 0 Å². The van der Waals surface area contributed by atoms with Crippen LogP contribution in [0.15, 0.2) is 47.4 Å². The molecule has 0 aliphatic carbocycles. The van der Waals surface area contributed by atoms with Gasteiger partial charge in [0, 0.05) is 18.7 Å². The van der Waals surface area contributed by atoms with Gasteiger partial charge in [-0.2, -0.15) is 4.31 Å². The van der Waals surface area contributed by atoms with E-state index in [-0.39, 0.29) is 21.8 Å². The van der Waals surface area contributed by atoms with Gasteiger partial charge in [0.15, 0.2) is 12.4 Å². The van der Waals surface area contributed by atoms with Crippen LogP contribution in [0.2, 0.25) is 0 Å². The molecule has 7 nitrogen and oxygen atoms in total. The van der Waals surface area contributed by atoms with Gasteiger partial charge in [0.1, 0.15) is 16.5 Å². The first-order chi connectivity index (χ1) is 14.8. The minimum Gasteiger partial charge on any atom is -0.495 e. The second kappa shape index (κ2) is 10.0. The summed E-state index contributed by atoms with van der Waals surface area (Å²) in [5.74, 6) is -1.70. The highest BCUT2D eigenvalue weighted by atomic mass is 32.2. The molecule has 0 radical (unpaired) electrons. The maximum Gasteiger partial charge on any atom is 0.338 e. The second-order valence-electron chi connectivity index (χ2n) is 7.19. The van der Waals surface area contributed by atoms with Crippen LogP contribution in [0.4, 0.5) is 4.39 Å². The van der Waals surface area contributed by atoms with E-state index in [4.69, 9.17) is 9.47 Å². The van der Waals surface area contributed by atoms with Crippen molar-refractivity contribution in [1.82, 2.24) is 4.31 Å². The Bertz CT molecular complexity index is 1040. The number of rotatable bonds is 7.